The highest BCUT2D eigenvalue weighted by Gasteiger charge is 2.25. The zero-order chi connectivity index (χ0) is 52.0. The molecule has 0 fully saturated rings. The molecule has 0 aliphatic carbocycles. The molecule has 0 aromatic heterocycles. The first-order valence-corrected chi connectivity index (χ1v) is 17.4. The SMILES string of the molecule is O=C(O)CNC(=O)c1cc([18F])cc([N+](=O)[O-])c1.O=C(O)CNC(=O)c1cc([18F])ccc1[N+](=O)[O-].O=C(O)CNC(=O)c1ccc([N+](=O)[O-])c([18F])c1.O=C(O)CNC(=O)c1cccc([18F])c1[N+](=O)[O-]. The largest absolute Gasteiger partial charge is 0.480 e. The predicted molar refractivity (Wildman–Crippen MR) is 212 cm³/mol. The fraction of sp³-hybridized carbons (Fsp3) is 0.111. The maximum Gasteiger partial charge on any atom is 0.322 e. The van der Waals surface area contributed by atoms with Gasteiger partial charge in [0.05, 0.1) is 25.8 Å². The number of nitro benzene ring substituents is 4. The molecule has 32 heteroatoms. The Morgan fingerprint density at radius 3 is 1.34 bits per heavy atom. The first kappa shape index (κ1) is 56.0. The van der Waals surface area contributed by atoms with Crippen molar-refractivity contribution < 1.29 is 96.0 Å². The zero-order valence-corrected chi connectivity index (χ0v) is 33.4. The smallest absolute Gasteiger partial charge is 0.322 e. The number of para-hydroxylation sites is 1. The van der Waals surface area contributed by atoms with Gasteiger partial charge in [0, 0.05) is 29.3 Å². The summed E-state index contributed by atoms with van der Waals surface area (Å²) in [5, 5.41) is 82.9. The van der Waals surface area contributed by atoms with Crippen LogP contribution in [0.15, 0.2) is 72.8 Å². The highest BCUT2D eigenvalue weighted by molar-refractivity contribution is 6.00. The van der Waals surface area contributed by atoms with Crippen molar-refractivity contribution >= 4 is 70.3 Å². The Labute approximate surface area is 372 Å². The van der Waals surface area contributed by atoms with Gasteiger partial charge in [-0.05, 0) is 42.5 Å². The molecule has 4 amide bonds. The summed E-state index contributed by atoms with van der Waals surface area (Å²) in [5.74, 6) is -13.0. The van der Waals surface area contributed by atoms with Crippen LogP contribution in [0.2, 0.25) is 0 Å². The molecular weight excluding hydrogens is 936 g/mol. The monoisotopic (exact) mass is 964 g/mol. The summed E-state index contributed by atoms with van der Waals surface area (Å²) in [5.41, 5.74) is -4.42. The molecule has 4 aromatic carbocycles. The molecule has 68 heavy (non-hydrogen) atoms. The summed E-state index contributed by atoms with van der Waals surface area (Å²) in [6.45, 7) is -2.67. The van der Waals surface area contributed by atoms with Crippen LogP contribution in [0, 0.1) is 63.7 Å². The molecule has 8 N–H and O–H groups in total. The summed E-state index contributed by atoms with van der Waals surface area (Å²) >= 11 is 0. The number of carbonyl (C=O) groups is 8. The van der Waals surface area contributed by atoms with Gasteiger partial charge in [-0.2, -0.15) is 8.78 Å². The van der Waals surface area contributed by atoms with Crippen LogP contribution >= 0.6 is 0 Å². The fourth-order valence-electron chi connectivity index (χ4n) is 4.36. The number of hydrogen-bond acceptors (Lipinski definition) is 16. The molecule has 360 valence electrons. The Kier molecular flexibility index (Phi) is 21.9. The predicted octanol–water partition coefficient (Wildman–Crippen LogP) is 2.19. The van der Waals surface area contributed by atoms with Crippen LogP contribution in [-0.2, 0) is 19.2 Å². The van der Waals surface area contributed by atoms with Gasteiger partial charge in [0.25, 0.3) is 35.0 Å². The number of rotatable bonds is 16. The highest BCUT2D eigenvalue weighted by Crippen LogP contribution is 2.23. The minimum atomic E-state index is -1.31. The fourth-order valence-corrected chi connectivity index (χ4v) is 4.36. The normalized spacial score (nSPS) is 9.71. The molecule has 28 nitrogen and oxygen atoms in total. The number of non-ortho nitro benzene ring substituents is 1. The lowest BCUT2D eigenvalue weighted by molar-refractivity contribution is -0.387. The van der Waals surface area contributed by atoms with Crippen LogP contribution in [0.3, 0.4) is 0 Å². The van der Waals surface area contributed by atoms with Gasteiger partial charge in [-0.25, -0.2) is 8.78 Å². The van der Waals surface area contributed by atoms with Crippen molar-refractivity contribution in [1.82, 2.24) is 21.3 Å². The van der Waals surface area contributed by atoms with Gasteiger partial charge < -0.3 is 41.7 Å². The molecule has 0 saturated carbocycles. The highest BCUT2D eigenvalue weighted by atomic mass is 18.2. The summed E-state index contributed by atoms with van der Waals surface area (Å²) < 4.78 is 52.0. The van der Waals surface area contributed by atoms with Crippen molar-refractivity contribution in [3.8, 4) is 0 Å². The van der Waals surface area contributed by atoms with E-state index in [1.165, 1.54) is 0 Å². The molecule has 0 saturated heterocycles. The average Bonchev–Trinajstić information content (AvgIpc) is 3.25. The number of carbonyl (C=O) groups excluding carboxylic acids is 4. The van der Waals surface area contributed by atoms with Gasteiger partial charge in [0.15, 0.2) is 0 Å². The third-order valence-corrected chi connectivity index (χ3v) is 7.18. The second-order valence-corrected chi connectivity index (χ2v) is 12.0. The number of hydrogen-bond donors (Lipinski definition) is 8. The Morgan fingerprint density at radius 2 is 0.897 bits per heavy atom. The van der Waals surface area contributed by atoms with E-state index in [1.54, 1.807) is 0 Å². The van der Waals surface area contributed by atoms with Gasteiger partial charge in [-0.3, -0.25) is 78.8 Å². The third-order valence-electron chi connectivity index (χ3n) is 7.18. The third kappa shape index (κ3) is 19.1. The Bertz CT molecular complexity index is 2640. The van der Waals surface area contributed by atoms with E-state index in [9.17, 15) is 96.4 Å². The van der Waals surface area contributed by atoms with Crippen molar-refractivity contribution in [3.05, 3.63) is 159 Å². The number of carboxylic acids is 4. The lowest BCUT2D eigenvalue weighted by Gasteiger charge is -2.03. The zero-order valence-electron chi connectivity index (χ0n) is 33.4. The molecule has 0 radical (unpaired) electrons. The van der Waals surface area contributed by atoms with E-state index in [2.05, 4.69) is 0 Å². The van der Waals surface area contributed by atoms with Gasteiger partial charge in [0.1, 0.15) is 48.9 Å². The summed E-state index contributed by atoms with van der Waals surface area (Å²) in [4.78, 5) is 124. The van der Waals surface area contributed by atoms with E-state index in [0.29, 0.717) is 18.2 Å². The summed E-state index contributed by atoms with van der Waals surface area (Å²) in [6.07, 6.45) is 0. The molecule has 0 atom stereocenters. The maximum absolute atomic E-state index is 13.1. The van der Waals surface area contributed by atoms with Gasteiger partial charge in [-0.1, -0.05) is 6.07 Å². The molecule has 0 aliphatic heterocycles. The molecule has 4 rings (SSSR count). The van der Waals surface area contributed by atoms with Crippen LogP contribution in [0.5, 0.6) is 0 Å². The number of benzene rings is 4. The van der Waals surface area contributed by atoms with Crippen molar-refractivity contribution in [2.45, 2.75) is 0 Å². The average molecular weight is 965 g/mol. The molecule has 0 aliphatic rings. The second-order valence-electron chi connectivity index (χ2n) is 12.0. The standard InChI is InChI=1S/4C9H7FN2O5/c10-6-1-5(2-7(3-6)12(16)17)9(15)11-4-8(13)14;10-5-1-2-7(12(16)17)6(3-5)9(15)11-4-8(13)14;10-6-3-5(1-2-7(6)12(16)17)9(15)11-4-8(13)14;10-6-3-1-2-5(8(6)12(16)17)9(15)11-4-7(13)14/h4*1-3H,4H2,(H,11,15)(H,13,14)/i4*10-1. The molecular formula is C36H28F4N8O20. The van der Waals surface area contributed by atoms with E-state index < -0.39 is 151 Å². The van der Waals surface area contributed by atoms with Crippen molar-refractivity contribution in [3.63, 3.8) is 0 Å². The Morgan fingerprint density at radius 1 is 0.441 bits per heavy atom. The number of nitrogens with zero attached hydrogens (tertiary/aromatic N) is 4. The number of nitrogens with one attached hydrogen (secondary N) is 4. The minimum Gasteiger partial charge on any atom is -0.480 e. The molecule has 0 bridgehead atoms. The molecule has 0 heterocycles. The van der Waals surface area contributed by atoms with E-state index in [1.807, 2.05) is 21.3 Å². The van der Waals surface area contributed by atoms with Crippen molar-refractivity contribution in [2.24, 2.45) is 0 Å². The van der Waals surface area contributed by atoms with Crippen molar-refractivity contribution in [1.29, 1.82) is 0 Å². The Balaban J connectivity index is 0.000000453. The van der Waals surface area contributed by atoms with Gasteiger partial charge in [-0.15, -0.1) is 0 Å². The maximum atomic E-state index is 13.1. The van der Waals surface area contributed by atoms with Gasteiger partial charge in [0.2, 0.25) is 11.6 Å². The topological polar surface area (TPSA) is 438 Å². The van der Waals surface area contributed by atoms with Crippen LogP contribution in [0.25, 0.3) is 0 Å². The number of nitro groups is 4. The van der Waals surface area contributed by atoms with Crippen LogP contribution < -0.4 is 21.3 Å². The number of carboxylic acid groups (broad SMARTS) is 4. The minimum absolute atomic E-state index is 0.186. The van der Waals surface area contributed by atoms with Gasteiger partial charge >= 0.3 is 35.3 Å². The summed E-state index contributed by atoms with van der Waals surface area (Å²) in [7, 11) is 0. The van der Waals surface area contributed by atoms with E-state index in [-0.39, 0.29) is 11.1 Å². The second kappa shape index (κ2) is 26.6. The van der Waals surface area contributed by atoms with E-state index in [4.69, 9.17) is 20.4 Å². The first-order chi connectivity index (χ1) is 31.7. The van der Waals surface area contributed by atoms with Crippen LogP contribution in [0.4, 0.5) is 40.3 Å². The van der Waals surface area contributed by atoms with E-state index in [0.717, 1.165) is 54.6 Å². The summed E-state index contributed by atoms with van der Waals surface area (Å²) in [6, 6.07) is 10.2. The number of halogens is 4. The van der Waals surface area contributed by atoms with Crippen molar-refractivity contribution in [2.75, 3.05) is 26.2 Å². The lowest BCUT2D eigenvalue weighted by Crippen LogP contribution is -2.29. The molecule has 0 unspecified atom stereocenters. The van der Waals surface area contributed by atoms with E-state index >= 15 is 0 Å². The molecule has 0 spiro atoms. The van der Waals surface area contributed by atoms with Crippen LogP contribution in [0.1, 0.15) is 41.4 Å². The molecule has 4 aromatic rings. The quantitative estimate of drug-likeness (QED) is 0.0453. The number of amides is 4. The van der Waals surface area contributed by atoms with Crippen LogP contribution in [-0.4, -0.2) is 114 Å². The lowest BCUT2D eigenvalue weighted by atomic mass is 10.1. The Hall–Kier alpha value is -10.0. The first-order valence-electron chi connectivity index (χ1n) is 17.4. The number of aliphatic carboxylic acids is 4.